The molecule has 35 heavy (non-hydrogen) atoms. The van der Waals surface area contributed by atoms with Gasteiger partial charge < -0.3 is 9.15 Å². The lowest BCUT2D eigenvalue weighted by Gasteiger charge is -2.28. The number of nitrogens with zero attached hydrogens (tertiary/aromatic N) is 3. The highest BCUT2D eigenvalue weighted by molar-refractivity contribution is 7.89. The molecule has 1 saturated heterocycles. The molecule has 2 aromatic heterocycles. The van der Waals surface area contributed by atoms with Crippen molar-refractivity contribution in [3.05, 3.63) is 72.4 Å². The first-order chi connectivity index (χ1) is 16.9. The number of sulfonamides is 1. The molecule has 0 spiro atoms. The molecule has 182 valence electrons. The van der Waals surface area contributed by atoms with Crippen LogP contribution in [0.3, 0.4) is 0 Å². The molecular formula is C24H22FN3O5S2. The second-order valence-corrected chi connectivity index (χ2v) is 11.0. The van der Waals surface area contributed by atoms with E-state index in [0.717, 1.165) is 0 Å². The summed E-state index contributed by atoms with van der Waals surface area (Å²) in [7, 11) is -2.42. The van der Waals surface area contributed by atoms with Gasteiger partial charge in [0.05, 0.1) is 35.0 Å². The first-order valence-corrected chi connectivity index (χ1v) is 13.2. The molecule has 0 aliphatic carbocycles. The van der Waals surface area contributed by atoms with Crippen molar-refractivity contribution in [2.75, 3.05) is 18.6 Å². The summed E-state index contributed by atoms with van der Waals surface area (Å²) in [5.74, 6) is 0.251. The van der Waals surface area contributed by atoms with Crippen LogP contribution in [0.4, 0.5) is 9.52 Å². The van der Waals surface area contributed by atoms with Gasteiger partial charge in [-0.2, -0.15) is 4.31 Å². The van der Waals surface area contributed by atoms with Crippen LogP contribution in [0.1, 0.15) is 18.6 Å². The normalized spacial score (nSPS) is 16.6. The molecule has 0 radical (unpaired) electrons. The number of amides is 1. The van der Waals surface area contributed by atoms with Gasteiger partial charge in [0, 0.05) is 6.54 Å². The van der Waals surface area contributed by atoms with Crippen molar-refractivity contribution in [3.8, 4) is 5.75 Å². The lowest BCUT2D eigenvalue weighted by atomic mass is 10.2. The molecule has 4 aromatic rings. The number of aromatic nitrogens is 1. The van der Waals surface area contributed by atoms with Gasteiger partial charge in [-0.15, -0.1) is 0 Å². The van der Waals surface area contributed by atoms with Crippen LogP contribution in [0, 0.1) is 5.82 Å². The molecule has 8 nitrogen and oxygen atoms in total. The van der Waals surface area contributed by atoms with Gasteiger partial charge in [-0.05, 0) is 67.4 Å². The minimum absolute atomic E-state index is 0.0705. The quantitative estimate of drug-likeness (QED) is 0.362. The van der Waals surface area contributed by atoms with Crippen molar-refractivity contribution in [3.63, 3.8) is 0 Å². The SMILES string of the molecule is COc1ccc(S(=O)(=O)N2CCCC2C(=O)N(Cc2ccco2)c2nc3ccc(F)cc3s2)cc1. The van der Waals surface area contributed by atoms with Crippen molar-refractivity contribution in [1.82, 2.24) is 9.29 Å². The summed E-state index contributed by atoms with van der Waals surface area (Å²) in [5, 5.41) is 0.348. The smallest absolute Gasteiger partial charge is 0.247 e. The highest BCUT2D eigenvalue weighted by atomic mass is 32.2. The number of thiazole rings is 1. The Morgan fingerprint density at radius 3 is 2.77 bits per heavy atom. The van der Waals surface area contributed by atoms with Crippen LogP contribution in [-0.4, -0.2) is 43.3 Å². The van der Waals surface area contributed by atoms with Crippen LogP contribution in [0.2, 0.25) is 0 Å². The number of hydrogen-bond acceptors (Lipinski definition) is 7. The van der Waals surface area contributed by atoms with E-state index in [1.807, 2.05) is 0 Å². The molecule has 2 aromatic carbocycles. The van der Waals surface area contributed by atoms with Gasteiger partial charge in [0.15, 0.2) is 5.13 Å². The van der Waals surface area contributed by atoms with Gasteiger partial charge in [-0.3, -0.25) is 9.69 Å². The summed E-state index contributed by atoms with van der Waals surface area (Å²) in [6.45, 7) is 0.297. The largest absolute Gasteiger partial charge is 0.497 e. The molecule has 0 bridgehead atoms. The Labute approximate surface area is 205 Å². The van der Waals surface area contributed by atoms with Crippen LogP contribution < -0.4 is 9.64 Å². The monoisotopic (exact) mass is 515 g/mol. The average Bonchev–Trinajstić information content (AvgIpc) is 3.62. The van der Waals surface area contributed by atoms with E-state index < -0.39 is 27.8 Å². The standard InChI is InChI=1S/C24H22FN3O5S2/c1-32-17-7-9-19(10-8-17)35(30,31)28-12-2-5-21(28)23(29)27(15-18-4-3-13-33-18)24-26-20-11-6-16(25)14-22(20)34-24/h3-4,6-11,13-14,21H,2,5,12,15H2,1H3. The van der Waals surface area contributed by atoms with Crippen molar-refractivity contribution in [2.45, 2.75) is 30.3 Å². The third-order valence-electron chi connectivity index (χ3n) is 5.88. The summed E-state index contributed by atoms with van der Waals surface area (Å²) in [4.78, 5) is 19.9. The van der Waals surface area contributed by atoms with Gasteiger partial charge in [-0.25, -0.2) is 17.8 Å². The molecular weight excluding hydrogens is 493 g/mol. The highest BCUT2D eigenvalue weighted by Crippen LogP contribution is 2.34. The van der Waals surface area contributed by atoms with E-state index in [1.54, 1.807) is 30.3 Å². The Morgan fingerprint density at radius 2 is 2.06 bits per heavy atom. The Kier molecular flexibility index (Phi) is 6.30. The zero-order chi connectivity index (χ0) is 24.6. The maximum atomic E-state index is 13.9. The predicted molar refractivity (Wildman–Crippen MR) is 129 cm³/mol. The second-order valence-electron chi connectivity index (χ2n) is 8.06. The third kappa shape index (κ3) is 4.54. The number of fused-ring (bicyclic) bond motifs is 1. The van der Waals surface area contributed by atoms with E-state index in [0.29, 0.717) is 39.7 Å². The molecule has 1 aliphatic rings. The number of benzene rings is 2. The zero-order valence-electron chi connectivity index (χ0n) is 18.8. The third-order valence-corrected chi connectivity index (χ3v) is 8.85. The molecule has 1 amide bonds. The van der Waals surface area contributed by atoms with Gasteiger partial charge in [0.2, 0.25) is 15.9 Å². The number of anilines is 1. The zero-order valence-corrected chi connectivity index (χ0v) is 20.4. The topological polar surface area (TPSA) is 93.0 Å². The molecule has 1 unspecified atom stereocenters. The van der Waals surface area contributed by atoms with Crippen LogP contribution in [0.25, 0.3) is 10.2 Å². The number of rotatable bonds is 7. The maximum Gasteiger partial charge on any atom is 0.247 e. The van der Waals surface area contributed by atoms with E-state index in [1.165, 1.54) is 58.2 Å². The van der Waals surface area contributed by atoms with Crippen molar-refractivity contribution >= 4 is 42.6 Å². The van der Waals surface area contributed by atoms with Crippen LogP contribution >= 0.6 is 11.3 Å². The summed E-state index contributed by atoms with van der Waals surface area (Å²) >= 11 is 1.17. The molecule has 0 N–H and O–H groups in total. The second kappa shape index (κ2) is 9.40. The molecule has 1 fully saturated rings. The van der Waals surface area contributed by atoms with Gasteiger partial charge in [-0.1, -0.05) is 11.3 Å². The lowest BCUT2D eigenvalue weighted by Crippen LogP contribution is -2.47. The fourth-order valence-electron chi connectivity index (χ4n) is 4.14. The van der Waals surface area contributed by atoms with Gasteiger partial charge in [0.1, 0.15) is 23.4 Å². The van der Waals surface area contributed by atoms with Crippen LogP contribution in [-0.2, 0) is 21.4 Å². The highest BCUT2D eigenvalue weighted by Gasteiger charge is 2.42. The van der Waals surface area contributed by atoms with Crippen molar-refractivity contribution in [1.29, 1.82) is 0 Å². The molecule has 1 aliphatic heterocycles. The summed E-state index contributed by atoms with van der Waals surface area (Å²) in [6, 6.07) is 12.8. The van der Waals surface area contributed by atoms with Gasteiger partial charge >= 0.3 is 0 Å². The Hall–Kier alpha value is -3.28. The average molecular weight is 516 g/mol. The predicted octanol–water partition coefficient (Wildman–Crippen LogP) is 4.42. The van der Waals surface area contributed by atoms with Crippen LogP contribution in [0.15, 0.2) is 70.2 Å². The van der Waals surface area contributed by atoms with E-state index in [-0.39, 0.29) is 18.0 Å². The lowest BCUT2D eigenvalue weighted by molar-refractivity contribution is -0.121. The molecule has 11 heteroatoms. The Bertz CT molecular complexity index is 1450. The number of hydrogen-bond donors (Lipinski definition) is 0. The van der Waals surface area contributed by atoms with E-state index in [9.17, 15) is 17.6 Å². The van der Waals surface area contributed by atoms with E-state index >= 15 is 0 Å². The molecule has 5 rings (SSSR count). The fraction of sp³-hybridized carbons (Fsp3) is 0.250. The number of carbonyl (C=O) groups is 1. The summed E-state index contributed by atoms with van der Waals surface area (Å²) in [5.41, 5.74) is 0.553. The minimum Gasteiger partial charge on any atom is -0.497 e. The number of carbonyl (C=O) groups excluding carboxylic acids is 1. The first-order valence-electron chi connectivity index (χ1n) is 10.9. The number of ether oxygens (including phenoxy) is 1. The van der Waals surface area contributed by atoms with E-state index in [4.69, 9.17) is 9.15 Å². The summed E-state index contributed by atoms with van der Waals surface area (Å²) < 4.78 is 53.1. The Morgan fingerprint density at radius 1 is 1.26 bits per heavy atom. The van der Waals surface area contributed by atoms with Gasteiger partial charge in [0.25, 0.3) is 0 Å². The van der Waals surface area contributed by atoms with Crippen molar-refractivity contribution < 1.29 is 26.8 Å². The van der Waals surface area contributed by atoms with Crippen molar-refractivity contribution in [2.24, 2.45) is 0 Å². The molecule has 3 heterocycles. The fourth-order valence-corrected chi connectivity index (χ4v) is 6.78. The minimum atomic E-state index is -3.93. The summed E-state index contributed by atoms with van der Waals surface area (Å²) in [6.07, 6.45) is 2.43. The van der Waals surface area contributed by atoms with Crippen LogP contribution in [0.5, 0.6) is 5.75 Å². The Balaban J connectivity index is 1.50. The molecule has 1 atom stereocenters. The molecule has 0 saturated carbocycles. The number of halogens is 1. The maximum absolute atomic E-state index is 13.9. The first kappa shape index (κ1) is 23.5. The number of methoxy groups -OCH3 is 1. The van der Waals surface area contributed by atoms with E-state index in [2.05, 4.69) is 4.98 Å². The number of furan rings is 1.